The second-order valence-electron chi connectivity index (χ2n) is 3.38. The number of rotatable bonds is 2. The number of hydrogen-bond donors (Lipinski definition) is 1. The average Bonchev–Trinajstić information content (AvgIpc) is 2.70. The lowest BCUT2D eigenvalue weighted by atomic mass is 10.2. The van der Waals surface area contributed by atoms with Crippen molar-refractivity contribution >= 4 is 11.6 Å². The molecule has 4 nitrogen and oxygen atoms in total. The summed E-state index contributed by atoms with van der Waals surface area (Å²) in [4.78, 5) is 15.2. The summed E-state index contributed by atoms with van der Waals surface area (Å²) in [6.45, 7) is 0.611. The highest BCUT2D eigenvalue weighted by Gasteiger charge is 2.23. The molecule has 1 unspecified atom stereocenters. The summed E-state index contributed by atoms with van der Waals surface area (Å²) in [6, 6.07) is 1.22. The normalized spacial score (nSPS) is 20.2. The third-order valence-electron chi connectivity index (χ3n) is 2.19. The zero-order chi connectivity index (χ0) is 10.7. The van der Waals surface area contributed by atoms with E-state index in [0.29, 0.717) is 18.7 Å². The third-order valence-corrected chi connectivity index (χ3v) is 2.19. The maximum absolute atomic E-state index is 12.7. The smallest absolute Gasteiger partial charge is 0.253 e. The largest absolute Gasteiger partial charge is 0.368 e. The van der Waals surface area contributed by atoms with Crippen LogP contribution in [0.3, 0.4) is 0 Å². The molecule has 0 spiro atoms. The molecule has 0 aliphatic carbocycles. The first kappa shape index (κ1) is 10.0. The van der Waals surface area contributed by atoms with Crippen LogP contribution >= 0.6 is 0 Å². The Morgan fingerprint density at radius 2 is 2.47 bits per heavy atom. The molecular weight excluding hydrogens is 199 g/mol. The van der Waals surface area contributed by atoms with Gasteiger partial charge in [-0.25, -0.2) is 4.39 Å². The van der Waals surface area contributed by atoms with Gasteiger partial charge in [-0.15, -0.1) is 0 Å². The lowest BCUT2D eigenvalue weighted by Crippen LogP contribution is -2.26. The maximum Gasteiger partial charge on any atom is 0.253 e. The summed E-state index contributed by atoms with van der Waals surface area (Å²) in [7, 11) is 0. The number of nitrogens with one attached hydrogen (secondary N) is 1. The standard InChI is InChI=1S/C10H11FN2O2/c11-7-4-8(6-12-5-7)13-10(14)9-2-1-3-15-9/h4-6,9H,1-3H2,(H,13,14). The molecule has 0 bridgehead atoms. The summed E-state index contributed by atoms with van der Waals surface area (Å²) in [5.74, 6) is -0.708. The van der Waals surface area contributed by atoms with E-state index in [1.165, 1.54) is 12.3 Å². The van der Waals surface area contributed by atoms with Crippen LogP contribution in [-0.2, 0) is 9.53 Å². The Morgan fingerprint density at radius 3 is 3.13 bits per heavy atom. The van der Waals surface area contributed by atoms with Crippen molar-refractivity contribution in [3.8, 4) is 0 Å². The van der Waals surface area contributed by atoms with Crippen molar-refractivity contribution in [2.75, 3.05) is 11.9 Å². The maximum atomic E-state index is 12.7. The van der Waals surface area contributed by atoms with Gasteiger partial charge in [0.25, 0.3) is 5.91 Å². The Balaban J connectivity index is 1.99. The van der Waals surface area contributed by atoms with Gasteiger partial charge in [0.2, 0.25) is 0 Å². The molecule has 1 aromatic rings. The highest BCUT2D eigenvalue weighted by atomic mass is 19.1. The van der Waals surface area contributed by atoms with Crippen molar-refractivity contribution < 1.29 is 13.9 Å². The molecule has 1 aliphatic rings. The van der Waals surface area contributed by atoms with Gasteiger partial charge in [0.05, 0.1) is 18.1 Å². The number of anilines is 1. The van der Waals surface area contributed by atoms with Gasteiger partial charge in [0, 0.05) is 12.7 Å². The van der Waals surface area contributed by atoms with E-state index in [0.717, 1.165) is 12.6 Å². The number of aromatic nitrogens is 1. The van der Waals surface area contributed by atoms with Crippen molar-refractivity contribution in [3.05, 3.63) is 24.3 Å². The van der Waals surface area contributed by atoms with Crippen molar-refractivity contribution in [2.45, 2.75) is 18.9 Å². The third kappa shape index (κ3) is 2.50. The summed E-state index contributed by atoms with van der Waals surface area (Å²) >= 11 is 0. The Kier molecular flexibility index (Phi) is 2.91. The molecule has 2 rings (SSSR count). The predicted molar refractivity (Wildman–Crippen MR) is 51.8 cm³/mol. The Hall–Kier alpha value is -1.49. The van der Waals surface area contributed by atoms with Crippen LogP contribution in [0.1, 0.15) is 12.8 Å². The molecular formula is C10H11FN2O2. The second-order valence-corrected chi connectivity index (χ2v) is 3.38. The fourth-order valence-corrected chi connectivity index (χ4v) is 1.49. The zero-order valence-electron chi connectivity index (χ0n) is 8.07. The van der Waals surface area contributed by atoms with Gasteiger partial charge in [-0.3, -0.25) is 9.78 Å². The van der Waals surface area contributed by atoms with E-state index in [4.69, 9.17) is 4.74 Å². The first-order valence-corrected chi connectivity index (χ1v) is 4.79. The number of carbonyl (C=O) groups is 1. The minimum absolute atomic E-state index is 0.236. The van der Waals surface area contributed by atoms with Crippen LogP contribution in [0, 0.1) is 5.82 Å². The van der Waals surface area contributed by atoms with Gasteiger partial charge in [-0.05, 0) is 12.8 Å². The Bertz CT molecular complexity index is 364. The van der Waals surface area contributed by atoms with E-state index in [2.05, 4.69) is 10.3 Å². The molecule has 2 heterocycles. The van der Waals surface area contributed by atoms with E-state index in [-0.39, 0.29) is 5.91 Å². The fraction of sp³-hybridized carbons (Fsp3) is 0.400. The molecule has 0 saturated carbocycles. The Morgan fingerprint density at radius 1 is 1.60 bits per heavy atom. The van der Waals surface area contributed by atoms with Crippen LogP contribution in [0.2, 0.25) is 0 Å². The molecule has 1 N–H and O–H groups in total. The minimum atomic E-state index is -0.472. The van der Waals surface area contributed by atoms with Gasteiger partial charge in [-0.1, -0.05) is 0 Å². The molecule has 1 atom stereocenters. The number of amides is 1. The van der Waals surface area contributed by atoms with Gasteiger partial charge in [0.1, 0.15) is 11.9 Å². The zero-order valence-corrected chi connectivity index (χ0v) is 8.07. The summed E-state index contributed by atoms with van der Waals surface area (Å²) in [6.07, 6.45) is 3.68. The van der Waals surface area contributed by atoms with Crippen LogP contribution < -0.4 is 5.32 Å². The highest BCUT2D eigenvalue weighted by Crippen LogP contribution is 2.14. The molecule has 80 valence electrons. The van der Waals surface area contributed by atoms with Crippen molar-refractivity contribution in [3.63, 3.8) is 0 Å². The second kappa shape index (κ2) is 4.35. The summed E-state index contributed by atoms with van der Waals surface area (Å²) in [5.41, 5.74) is 0.357. The van der Waals surface area contributed by atoms with Crippen LogP contribution in [0.25, 0.3) is 0 Å². The molecule has 1 fully saturated rings. The molecule has 1 aliphatic heterocycles. The molecule has 0 radical (unpaired) electrons. The first-order chi connectivity index (χ1) is 7.25. The number of nitrogens with zero attached hydrogens (tertiary/aromatic N) is 1. The number of carbonyl (C=O) groups excluding carboxylic acids is 1. The van der Waals surface area contributed by atoms with E-state index in [1.807, 2.05) is 0 Å². The van der Waals surface area contributed by atoms with Crippen molar-refractivity contribution in [1.29, 1.82) is 0 Å². The summed E-state index contributed by atoms with van der Waals surface area (Å²) < 4.78 is 17.9. The Labute approximate surface area is 86.5 Å². The molecule has 1 amide bonds. The van der Waals surface area contributed by atoms with E-state index < -0.39 is 11.9 Å². The van der Waals surface area contributed by atoms with Crippen LogP contribution in [0.5, 0.6) is 0 Å². The van der Waals surface area contributed by atoms with E-state index in [9.17, 15) is 9.18 Å². The first-order valence-electron chi connectivity index (χ1n) is 4.79. The van der Waals surface area contributed by atoms with Gasteiger partial charge in [-0.2, -0.15) is 0 Å². The van der Waals surface area contributed by atoms with Crippen molar-refractivity contribution in [1.82, 2.24) is 4.98 Å². The SMILES string of the molecule is O=C(Nc1cncc(F)c1)C1CCCO1. The lowest BCUT2D eigenvalue weighted by Gasteiger charge is -2.09. The van der Waals surface area contributed by atoms with Crippen molar-refractivity contribution in [2.24, 2.45) is 0 Å². The average molecular weight is 210 g/mol. The van der Waals surface area contributed by atoms with Gasteiger partial charge < -0.3 is 10.1 Å². The number of halogens is 1. The molecule has 1 aromatic heterocycles. The molecule has 15 heavy (non-hydrogen) atoms. The van der Waals surface area contributed by atoms with Crippen LogP contribution in [0.4, 0.5) is 10.1 Å². The number of hydrogen-bond acceptors (Lipinski definition) is 3. The minimum Gasteiger partial charge on any atom is -0.368 e. The van der Waals surface area contributed by atoms with Gasteiger partial charge in [0.15, 0.2) is 0 Å². The van der Waals surface area contributed by atoms with E-state index in [1.54, 1.807) is 0 Å². The lowest BCUT2D eigenvalue weighted by molar-refractivity contribution is -0.124. The van der Waals surface area contributed by atoms with Crippen LogP contribution in [-0.4, -0.2) is 23.6 Å². The van der Waals surface area contributed by atoms with Crippen LogP contribution in [0.15, 0.2) is 18.5 Å². The number of pyridine rings is 1. The summed E-state index contributed by atoms with van der Waals surface area (Å²) in [5, 5.41) is 2.56. The number of ether oxygens (including phenoxy) is 1. The molecule has 1 saturated heterocycles. The van der Waals surface area contributed by atoms with E-state index >= 15 is 0 Å². The highest BCUT2D eigenvalue weighted by molar-refractivity contribution is 5.94. The monoisotopic (exact) mass is 210 g/mol. The topological polar surface area (TPSA) is 51.2 Å². The predicted octanol–water partition coefficient (Wildman–Crippen LogP) is 1.34. The fourth-order valence-electron chi connectivity index (χ4n) is 1.49. The molecule has 0 aromatic carbocycles. The quantitative estimate of drug-likeness (QED) is 0.801. The van der Waals surface area contributed by atoms with Gasteiger partial charge >= 0.3 is 0 Å². The molecule has 5 heteroatoms.